The van der Waals surface area contributed by atoms with E-state index in [9.17, 15) is 4.79 Å². The Morgan fingerprint density at radius 1 is 1.06 bits per heavy atom. The smallest absolute Gasteiger partial charge is 0.261 e. The van der Waals surface area contributed by atoms with Crippen LogP contribution in [-0.4, -0.2) is 43.2 Å². The van der Waals surface area contributed by atoms with Gasteiger partial charge in [0.05, 0.1) is 32.1 Å². The quantitative estimate of drug-likeness (QED) is 0.341. The fourth-order valence-electron chi connectivity index (χ4n) is 4.66. The third kappa shape index (κ3) is 4.87. The number of ether oxygens (including phenoxy) is 3. The first-order valence-electron chi connectivity index (χ1n) is 12.0. The first-order chi connectivity index (χ1) is 17.6. The molecule has 0 saturated heterocycles. The largest absolute Gasteiger partial charge is 0.493 e. The van der Waals surface area contributed by atoms with Crippen LogP contribution in [0.2, 0.25) is 0 Å². The number of methoxy groups -OCH3 is 2. The molecule has 3 aromatic carbocycles. The molecule has 5 rings (SSSR count). The Bertz CT molecular complexity index is 1400. The number of carbonyl (C=O) groups excluding carboxylic acids is 1. The average Bonchev–Trinajstić information content (AvgIpc) is 3.34. The van der Waals surface area contributed by atoms with E-state index >= 15 is 0 Å². The highest BCUT2D eigenvalue weighted by Gasteiger charge is 2.21. The van der Waals surface area contributed by atoms with Gasteiger partial charge >= 0.3 is 0 Å². The number of rotatable bonds is 8. The number of benzene rings is 3. The molecule has 1 aliphatic heterocycles. The van der Waals surface area contributed by atoms with E-state index in [1.165, 1.54) is 22.5 Å². The molecule has 1 aromatic heterocycles. The van der Waals surface area contributed by atoms with Crippen LogP contribution in [0.25, 0.3) is 10.8 Å². The van der Waals surface area contributed by atoms with Crippen molar-refractivity contribution >= 4 is 33.1 Å². The van der Waals surface area contributed by atoms with Crippen LogP contribution in [-0.2, 0) is 19.5 Å². The number of carbonyl (C=O) groups is 1. The van der Waals surface area contributed by atoms with Crippen LogP contribution >= 0.6 is 11.3 Å². The number of anilines is 1. The van der Waals surface area contributed by atoms with E-state index in [1.807, 2.05) is 48.7 Å². The van der Waals surface area contributed by atoms with Gasteiger partial charge in [0, 0.05) is 25.0 Å². The molecule has 1 amide bonds. The maximum absolute atomic E-state index is 13.3. The molecule has 8 heteroatoms. The molecule has 1 aliphatic rings. The van der Waals surface area contributed by atoms with Gasteiger partial charge in [-0.2, -0.15) is 0 Å². The standard InChI is InChI=1S/C28H29N3O4S/c1-4-35-23-10-9-18-7-5-6-8-22(18)26(23)27(32)30-28-29-21(17-36-28)16-31-12-11-19-13-24(33-2)25(34-3)14-20(19)15-31/h5-10,13-14,17H,4,11-12,15-16H2,1-3H3,(H,29,30,32). The number of thiazole rings is 1. The number of nitrogens with one attached hydrogen (secondary N) is 1. The number of nitrogens with zero attached hydrogens (tertiary/aromatic N) is 2. The highest BCUT2D eigenvalue weighted by molar-refractivity contribution is 7.14. The molecule has 0 saturated carbocycles. The minimum absolute atomic E-state index is 0.218. The van der Waals surface area contributed by atoms with Crippen LogP contribution in [0.5, 0.6) is 17.2 Å². The fraction of sp³-hybridized carbons (Fsp3) is 0.286. The van der Waals surface area contributed by atoms with Crippen LogP contribution in [0.1, 0.15) is 34.1 Å². The lowest BCUT2D eigenvalue weighted by Gasteiger charge is -2.29. The van der Waals surface area contributed by atoms with Gasteiger partial charge in [0.1, 0.15) is 5.75 Å². The second kappa shape index (κ2) is 10.6. The van der Waals surface area contributed by atoms with Crippen LogP contribution in [0.4, 0.5) is 5.13 Å². The van der Waals surface area contributed by atoms with E-state index < -0.39 is 0 Å². The topological polar surface area (TPSA) is 72.9 Å². The molecule has 2 heterocycles. The molecule has 4 aromatic rings. The van der Waals surface area contributed by atoms with E-state index in [-0.39, 0.29) is 5.91 Å². The third-order valence-corrected chi connectivity index (χ3v) is 7.18. The fourth-order valence-corrected chi connectivity index (χ4v) is 5.36. The molecule has 0 bridgehead atoms. The normalized spacial score (nSPS) is 13.3. The summed E-state index contributed by atoms with van der Waals surface area (Å²) >= 11 is 1.44. The van der Waals surface area contributed by atoms with Crippen LogP contribution in [0, 0.1) is 0 Å². The number of hydrogen-bond donors (Lipinski definition) is 1. The van der Waals surface area contributed by atoms with E-state index in [1.54, 1.807) is 14.2 Å². The van der Waals surface area contributed by atoms with Gasteiger partial charge in [-0.1, -0.05) is 30.3 Å². The van der Waals surface area contributed by atoms with Gasteiger partial charge in [-0.05, 0) is 53.4 Å². The summed E-state index contributed by atoms with van der Waals surface area (Å²) in [5, 5.41) is 7.42. The van der Waals surface area contributed by atoms with Gasteiger partial charge in [0.25, 0.3) is 5.91 Å². The van der Waals surface area contributed by atoms with Crippen molar-refractivity contribution in [3.63, 3.8) is 0 Å². The zero-order chi connectivity index (χ0) is 25.1. The Kier molecular flexibility index (Phi) is 7.06. The lowest BCUT2D eigenvalue weighted by atomic mass is 9.98. The van der Waals surface area contributed by atoms with Crippen molar-refractivity contribution < 1.29 is 19.0 Å². The summed E-state index contributed by atoms with van der Waals surface area (Å²) in [5.41, 5.74) is 3.99. The molecule has 0 unspecified atom stereocenters. The minimum Gasteiger partial charge on any atom is -0.493 e. The zero-order valence-electron chi connectivity index (χ0n) is 20.7. The third-order valence-electron chi connectivity index (χ3n) is 6.37. The first-order valence-corrected chi connectivity index (χ1v) is 12.8. The van der Waals surface area contributed by atoms with Gasteiger partial charge in [0.15, 0.2) is 16.6 Å². The highest BCUT2D eigenvalue weighted by Crippen LogP contribution is 2.34. The predicted molar refractivity (Wildman–Crippen MR) is 143 cm³/mol. The summed E-state index contributed by atoms with van der Waals surface area (Å²) in [7, 11) is 3.32. The molecule has 1 N–H and O–H groups in total. The van der Waals surface area contributed by atoms with E-state index in [0.717, 1.165) is 47.5 Å². The van der Waals surface area contributed by atoms with Gasteiger partial charge < -0.3 is 14.2 Å². The van der Waals surface area contributed by atoms with Crippen molar-refractivity contribution in [2.45, 2.75) is 26.4 Å². The Morgan fingerprint density at radius 2 is 1.83 bits per heavy atom. The maximum atomic E-state index is 13.3. The molecule has 0 aliphatic carbocycles. The van der Waals surface area contributed by atoms with Crippen molar-refractivity contribution in [2.75, 3.05) is 32.7 Å². The zero-order valence-corrected chi connectivity index (χ0v) is 21.5. The Hall–Kier alpha value is -3.62. The van der Waals surface area contributed by atoms with Gasteiger partial charge in [-0.3, -0.25) is 15.0 Å². The van der Waals surface area contributed by atoms with Gasteiger partial charge in [0.2, 0.25) is 0 Å². The molecule has 36 heavy (non-hydrogen) atoms. The first kappa shape index (κ1) is 24.1. The van der Waals surface area contributed by atoms with Crippen molar-refractivity contribution in [3.8, 4) is 17.2 Å². The lowest BCUT2D eigenvalue weighted by molar-refractivity contribution is 0.102. The second-order valence-corrected chi connectivity index (χ2v) is 9.49. The number of amides is 1. The van der Waals surface area contributed by atoms with Crippen LogP contribution in [0.15, 0.2) is 53.9 Å². The molecule has 0 fully saturated rings. The van der Waals surface area contributed by atoms with Gasteiger partial charge in [-0.15, -0.1) is 11.3 Å². The summed E-state index contributed by atoms with van der Waals surface area (Å²) in [4.78, 5) is 20.4. The summed E-state index contributed by atoms with van der Waals surface area (Å²) in [6, 6.07) is 15.8. The second-order valence-electron chi connectivity index (χ2n) is 8.63. The Labute approximate surface area is 214 Å². The Balaban J connectivity index is 1.30. The molecule has 0 radical (unpaired) electrons. The van der Waals surface area contributed by atoms with Crippen molar-refractivity contribution in [1.29, 1.82) is 0 Å². The minimum atomic E-state index is -0.218. The van der Waals surface area contributed by atoms with Gasteiger partial charge in [-0.25, -0.2) is 4.98 Å². The number of hydrogen-bond acceptors (Lipinski definition) is 7. The molecule has 0 spiro atoms. The summed E-state index contributed by atoms with van der Waals surface area (Å²) in [6.45, 7) is 4.84. The van der Waals surface area contributed by atoms with Crippen LogP contribution in [0.3, 0.4) is 0 Å². The number of fused-ring (bicyclic) bond motifs is 2. The Morgan fingerprint density at radius 3 is 2.61 bits per heavy atom. The monoisotopic (exact) mass is 503 g/mol. The van der Waals surface area contributed by atoms with Crippen molar-refractivity contribution in [1.82, 2.24) is 9.88 Å². The van der Waals surface area contributed by atoms with E-state index in [2.05, 4.69) is 22.3 Å². The molecule has 186 valence electrons. The maximum Gasteiger partial charge on any atom is 0.261 e. The summed E-state index contributed by atoms with van der Waals surface area (Å²) in [5.74, 6) is 1.87. The van der Waals surface area contributed by atoms with E-state index in [4.69, 9.17) is 19.2 Å². The van der Waals surface area contributed by atoms with Crippen LogP contribution < -0.4 is 19.5 Å². The van der Waals surface area contributed by atoms with Crippen molar-refractivity contribution in [2.24, 2.45) is 0 Å². The number of aromatic nitrogens is 1. The summed E-state index contributed by atoms with van der Waals surface area (Å²) < 4.78 is 16.7. The van der Waals surface area contributed by atoms with Crippen molar-refractivity contribution in [3.05, 3.63) is 76.3 Å². The average molecular weight is 504 g/mol. The molecular weight excluding hydrogens is 474 g/mol. The molecular formula is C28H29N3O4S. The highest BCUT2D eigenvalue weighted by atomic mass is 32.1. The summed E-state index contributed by atoms with van der Waals surface area (Å²) in [6.07, 6.45) is 0.935. The molecule has 7 nitrogen and oxygen atoms in total. The lowest BCUT2D eigenvalue weighted by Crippen LogP contribution is -2.30. The SMILES string of the molecule is CCOc1ccc2ccccc2c1C(=O)Nc1nc(CN2CCc3cc(OC)c(OC)cc3C2)cs1. The van der Waals surface area contributed by atoms with E-state index in [0.29, 0.717) is 29.6 Å². The molecule has 0 atom stereocenters. The predicted octanol–water partition coefficient (Wildman–Crippen LogP) is 5.52.